The van der Waals surface area contributed by atoms with Gasteiger partial charge in [0.05, 0.1) is 32.3 Å². The quantitative estimate of drug-likeness (QED) is 0.425. The smallest absolute Gasteiger partial charge is 0.339 e. The number of carbonyl (C=O) groups is 3. The molecule has 1 aromatic rings. The second-order valence-electron chi connectivity index (χ2n) is 5.17. The summed E-state index contributed by atoms with van der Waals surface area (Å²) in [6.45, 7) is 3.90. The highest BCUT2D eigenvalue weighted by Gasteiger charge is 2.35. The van der Waals surface area contributed by atoms with Crippen molar-refractivity contribution in [2.45, 2.75) is 26.4 Å². The van der Waals surface area contributed by atoms with Gasteiger partial charge in [-0.2, -0.15) is 0 Å². The minimum Gasteiger partial charge on any atom is -0.497 e. The van der Waals surface area contributed by atoms with Crippen LogP contribution in [0.15, 0.2) is 18.2 Å². The number of methoxy groups -OCH3 is 1. The maximum Gasteiger partial charge on any atom is 0.339 e. The van der Waals surface area contributed by atoms with Gasteiger partial charge in [0, 0.05) is 11.6 Å². The Morgan fingerprint density at radius 2 is 1.92 bits per heavy atom. The molecular formula is C18H20O7. The van der Waals surface area contributed by atoms with Crippen LogP contribution >= 0.6 is 0 Å². The summed E-state index contributed by atoms with van der Waals surface area (Å²) in [5.74, 6) is -1.06. The third kappa shape index (κ3) is 4.37. The molecular weight excluding hydrogens is 328 g/mol. The van der Waals surface area contributed by atoms with E-state index in [0.717, 1.165) is 0 Å². The Balaban J connectivity index is 2.37. The molecule has 1 aromatic carbocycles. The Kier molecular flexibility index (Phi) is 6.16. The molecule has 134 valence electrons. The van der Waals surface area contributed by atoms with Gasteiger partial charge in [-0.25, -0.2) is 9.59 Å². The topological polar surface area (TPSA) is 88.1 Å². The number of rotatable bonds is 7. The van der Waals surface area contributed by atoms with Gasteiger partial charge >= 0.3 is 17.9 Å². The van der Waals surface area contributed by atoms with Crippen molar-refractivity contribution in [2.24, 2.45) is 0 Å². The summed E-state index contributed by atoms with van der Waals surface area (Å²) in [5, 5.41) is 0. The first-order valence-corrected chi connectivity index (χ1v) is 7.93. The lowest BCUT2D eigenvalue weighted by Gasteiger charge is -2.11. The van der Waals surface area contributed by atoms with Crippen LogP contribution < -0.4 is 4.74 Å². The van der Waals surface area contributed by atoms with Crippen LogP contribution in [0.25, 0.3) is 6.08 Å². The standard InChI is InChI=1S/C18H20O7/c1-4-23-15(19)7-6-11-8-12(22-3)9-13-14(10-16(20)24-5-2)25-18(21)17(11)13/h6-9,14H,4-5,10H2,1-3H3/b7-6+. The molecule has 1 unspecified atom stereocenters. The molecule has 0 N–H and O–H groups in total. The minimum absolute atomic E-state index is 0.0826. The second kappa shape index (κ2) is 8.32. The Hall–Kier alpha value is -2.83. The fraction of sp³-hybridized carbons (Fsp3) is 0.389. The van der Waals surface area contributed by atoms with Gasteiger partial charge in [-0.3, -0.25) is 4.79 Å². The van der Waals surface area contributed by atoms with E-state index in [9.17, 15) is 14.4 Å². The van der Waals surface area contributed by atoms with Crippen molar-refractivity contribution in [3.05, 3.63) is 34.9 Å². The van der Waals surface area contributed by atoms with Crippen LogP contribution in [0.2, 0.25) is 0 Å². The number of fused-ring (bicyclic) bond motifs is 1. The molecule has 1 atom stereocenters. The highest BCUT2D eigenvalue weighted by atomic mass is 16.6. The van der Waals surface area contributed by atoms with Crippen LogP contribution in [0.4, 0.5) is 0 Å². The zero-order valence-corrected chi connectivity index (χ0v) is 14.4. The molecule has 0 saturated carbocycles. The predicted molar refractivity (Wildman–Crippen MR) is 88.1 cm³/mol. The van der Waals surface area contributed by atoms with E-state index in [1.807, 2.05) is 0 Å². The van der Waals surface area contributed by atoms with Crippen LogP contribution in [0, 0.1) is 0 Å². The summed E-state index contributed by atoms with van der Waals surface area (Å²) in [6, 6.07) is 3.26. The molecule has 0 bridgehead atoms. The molecule has 1 aliphatic rings. The normalized spacial score (nSPS) is 15.6. The monoisotopic (exact) mass is 348 g/mol. The lowest BCUT2D eigenvalue weighted by atomic mass is 9.97. The van der Waals surface area contributed by atoms with Gasteiger partial charge in [-0.15, -0.1) is 0 Å². The maximum atomic E-state index is 12.2. The van der Waals surface area contributed by atoms with Crippen molar-refractivity contribution in [3.8, 4) is 5.75 Å². The van der Waals surface area contributed by atoms with Gasteiger partial charge in [0.1, 0.15) is 11.9 Å². The van der Waals surface area contributed by atoms with Crippen LogP contribution in [-0.2, 0) is 23.8 Å². The van der Waals surface area contributed by atoms with E-state index in [0.29, 0.717) is 22.4 Å². The van der Waals surface area contributed by atoms with Crippen molar-refractivity contribution >= 4 is 24.0 Å². The van der Waals surface area contributed by atoms with Crippen LogP contribution in [0.1, 0.15) is 47.9 Å². The number of esters is 3. The van der Waals surface area contributed by atoms with E-state index in [1.54, 1.807) is 26.0 Å². The lowest BCUT2D eigenvalue weighted by molar-refractivity contribution is -0.145. The number of cyclic esters (lactones) is 1. The average molecular weight is 348 g/mol. The predicted octanol–water partition coefficient (Wildman–Crippen LogP) is 2.44. The Morgan fingerprint density at radius 1 is 1.20 bits per heavy atom. The molecule has 0 spiro atoms. The molecule has 2 rings (SSSR count). The minimum atomic E-state index is -0.744. The largest absolute Gasteiger partial charge is 0.497 e. The van der Waals surface area contributed by atoms with E-state index < -0.39 is 24.0 Å². The van der Waals surface area contributed by atoms with Gasteiger partial charge in [-0.05, 0) is 37.6 Å². The molecule has 25 heavy (non-hydrogen) atoms. The number of benzene rings is 1. The molecule has 0 aliphatic carbocycles. The first-order chi connectivity index (χ1) is 12.0. The van der Waals surface area contributed by atoms with E-state index in [1.165, 1.54) is 19.3 Å². The first-order valence-electron chi connectivity index (χ1n) is 7.93. The molecule has 0 radical (unpaired) electrons. The van der Waals surface area contributed by atoms with Gasteiger partial charge in [0.15, 0.2) is 0 Å². The van der Waals surface area contributed by atoms with Crippen LogP contribution in [0.3, 0.4) is 0 Å². The summed E-state index contributed by atoms with van der Waals surface area (Å²) < 4.78 is 20.3. The SMILES string of the molecule is CCOC(=O)/C=C/c1cc(OC)cc2c1C(=O)OC2CC(=O)OCC. The second-order valence-corrected chi connectivity index (χ2v) is 5.17. The van der Waals surface area contributed by atoms with Gasteiger partial charge in [-0.1, -0.05) is 0 Å². The van der Waals surface area contributed by atoms with Gasteiger partial charge in [0.25, 0.3) is 0 Å². The van der Waals surface area contributed by atoms with Crippen molar-refractivity contribution in [1.29, 1.82) is 0 Å². The third-order valence-electron chi connectivity index (χ3n) is 3.55. The molecule has 0 fully saturated rings. The molecule has 7 heteroatoms. The zero-order valence-electron chi connectivity index (χ0n) is 14.4. The van der Waals surface area contributed by atoms with E-state index in [2.05, 4.69) is 0 Å². The first kappa shape index (κ1) is 18.5. The van der Waals surface area contributed by atoms with E-state index in [4.69, 9.17) is 18.9 Å². The van der Waals surface area contributed by atoms with Crippen LogP contribution in [0.5, 0.6) is 5.75 Å². The molecule has 0 aromatic heterocycles. The molecule has 0 amide bonds. The molecule has 7 nitrogen and oxygen atoms in total. The van der Waals surface area contributed by atoms with E-state index in [-0.39, 0.29) is 19.6 Å². The summed E-state index contributed by atoms with van der Waals surface area (Å²) in [6.07, 6.45) is 1.87. The number of hydrogen-bond donors (Lipinski definition) is 0. The van der Waals surface area contributed by atoms with E-state index >= 15 is 0 Å². The average Bonchev–Trinajstić information content (AvgIpc) is 2.89. The molecule has 0 saturated heterocycles. The maximum absolute atomic E-state index is 12.2. The lowest BCUT2D eigenvalue weighted by Crippen LogP contribution is -2.10. The van der Waals surface area contributed by atoms with Gasteiger partial charge in [0.2, 0.25) is 0 Å². The number of carbonyl (C=O) groups excluding carboxylic acids is 3. The number of ether oxygens (including phenoxy) is 4. The van der Waals surface area contributed by atoms with Crippen LogP contribution in [-0.4, -0.2) is 38.2 Å². The summed E-state index contributed by atoms with van der Waals surface area (Å²) >= 11 is 0. The molecule has 1 heterocycles. The fourth-order valence-corrected chi connectivity index (χ4v) is 2.52. The number of hydrogen-bond acceptors (Lipinski definition) is 7. The Morgan fingerprint density at radius 3 is 2.56 bits per heavy atom. The van der Waals surface area contributed by atoms with Crippen molar-refractivity contribution < 1.29 is 33.3 Å². The Labute approximate surface area is 145 Å². The summed E-state index contributed by atoms with van der Waals surface area (Å²) in [4.78, 5) is 35.5. The summed E-state index contributed by atoms with van der Waals surface area (Å²) in [7, 11) is 1.48. The zero-order chi connectivity index (χ0) is 18.4. The van der Waals surface area contributed by atoms with Crippen molar-refractivity contribution in [1.82, 2.24) is 0 Å². The Bertz CT molecular complexity index is 706. The fourth-order valence-electron chi connectivity index (χ4n) is 2.52. The van der Waals surface area contributed by atoms with Crippen molar-refractivity contribution in [3.63, 3.8) is 0 Å². The van der Waals surface area contributed by atoms with Crippen molar-refractivity contribution in [2.75, 3.05) is 20.3 Å². The third-order valence-corrected chi connectivity index (χ3v) is 3.55. The summed E-state index contributed by atoms with van der Waals surface area (Å²) in [5.41, 5.74) is 1.29. The molecule has 1 aliphatic heterocycles. The van der Waals surface area contributed by atoms with Gasteiger partial charge < -0.3 is 18.9 Å². The highest BCUT2D eigenvalue weighted by Crippen LogP contribution is 2.38. The highest BCUT2D eigenvalue weighted by molar-refractivity contribution is 6.00.